The summed E-state index contributed by atoms with van der Waals surface area (Å²) in [5.41, 5.74) is -1.06. The van der Waals surface area contributed by atoms with Crippen molar-refractivity contribution in [2.24, 2.45) is 5.14 Å². The SMILES string of the molecule is NS(=O)(=O)CCSc1nccc(C(F)(F)F)n1. The van der Waals surface area contributed by atoms with E-state index in [0.29, 0.717) is 0 Å². The quantitative estimate of drug-likeness (QED) is 0.656. The fourth-order valence-electron chi connectivity index (χ4n) is 0.817. The number of thioether (sulfide) groups is 1. The van der Waals surface area contributed by atoms with Crippen LogP contribution in [0.15, 0.2) is 17.4 Å². The normalized spacial score (nSPS) is 12.7. The van der Waals surface area contributed by atoms with E-state index in [0.717, 1.165) is 24.0 Å². The summed E-state index contributed by atoms with van der Waals surface area (Å²) < 4.78 is 58.0. The maximum absolute atomic E-state index is 12.3. The van der Waals surface area contributed by atoms with E-state index in [2.05, 4.69) is 9.97 Å². The molecular weight excluding hydrogens is 279 g/mol. The molecule has 5 nitrogen and oxygen atoms in total. The number of primary sulfonamides is 1. The highest BCUT2D eigenvalue weighted by Gasteiger charge is 2.32. The Labute approximate surface area is 99.7 Å². The van der Waals surface area contributed by atoms with Crippen LogP contribution in [0, 0.1) is 0 Å². The van der Waals surface area contributed by atoms with Gasteiger partial charge in [-0.25, -0.2) is 23.5 Å². The van der Waals surface area contributed by atoms with Gasteiger partial charge in [-0.15, -0.1) is 0 Å². The van der Waals surface area contributed by atoms with E-state index in [1.807, 2.05) is 0 Å². The zero-order valence-corrected chi connectivity index (χ0v) is 9.94. The molecule has 96 valence electrons. The maximum Gasteiger partial charge on any atom is 0.433 e. The third-order valence-electron chi connectivity index (χ3n) is 1.52. The highest BCUT2D eigenvalue weighted by atomic mass is 32.2. The molecule has 0 aromatic carbocycles. The number of aromatic nitrogens is 2. The summed E-state index contributed by atoms with van der Waals surface area (Å²) in [4.78, 5) is 6.84. The van der Waals surface area contributed by atoms with Gasteiger partial charge in [-0.1, -0.05) is 11.8 Å². The van der Waals surface area contributed by atoms with Crippen LogP contribution in [0.4, 0.5) is 13.2 Å². The molecule has 0 unspecified atom stereocenters. The summed E-state index contributed by atoms with van der Waals surface area (Å²) in [6, 6.07) is 0.740. The van der Waals surface area contributed by atoms with E-state index in [1.54, 1.807) is 0 Å². The predicted octanol–water partition coefficient (Wildman–Crippen LogP) is 0.876. The van der Waals surface area contributed by atoms with Gasteiger partial charge in [0, 0.05) is 11.9 Å². The highest BCUT2D eigenvalue weighted by Crippen LogP contribution is 2.28. The third kappa shape index (κ3) is 5.33. The number of nitrogens with two attached hydrogens (primary N) is 1. The minimum atomic E-state index is -4.54. The second kappa shape index (κ2) is 5.19. The minimum Gasteiger partial charge on any atom is -0.231 e. The van der Waals surface area contributed by atoms with Crippen molar-refractivity contribution in [1.29, 1.82) is 0 Å². The standard InChI is InChI=1S/C7H8F3N3O2S2/c8-7(9,10)5-1-2-12-6(13-5)16-3-4-17(11,14)15/h1-2H,3-4H2,(H2,11,14,15). The summed E-state index contributed by atoms with van der Waals surface area (Å²) in [7, 11) is -3.63. The number of rotatable bonds is 4. The lowest BCUT2D eigenvalue weighted by Crippen LogP contribution is -2.18. The molecule has 0 atom stereocenters. The summed E-state index contributed by atoms with van der Waals surface area (Å²) in [6.45, 7) is 0. The van der Waals surface area contributed by atoms with E-state index < -0.39 is 21.9 Å². The van der Waals surface area contributed by atoms with Crippen LogP contribution in [0.2, 0.25) is 0 Å². The predicted molar refractivity (Wildman–Crippen MR) is 55.7 cm³/mol. The van der Waals surface area contributed by atoms with E-state index in [-0.39, 0.29) is 16.7 Å². The Morgan fingerprint density at radius 2 is 2.06 bits per heavy atom. The molecule has 0 radical (unpaired) electrons. The van der Waals surface area contributed by atoms with Crippen molar-refractivity contribution < 1.29 is 21.6 Å². The fourth-order valence-corrected chi connectivity index (χ4v) is 2.56. The number of sulfonamides is 1. The van der Waals surface area contributed by atoms with E-state index in [4.69, 9.17) is 5.14 Å². The monoisotopic (exact) mass is 287 g/mol. The molecule has 0 saturated carbocycles. The van der Waals surface area contributed by atoms with Crippen LogP contribution in [-0.2, 0) is 16.2 Å². The third-order valence-corrected chi connectivity index (χ3v) is 3.42. The molecule has 1 aromatic rings. The smallest absolute Gasteiger partial charge is 0.231 e. The first kappa shape index (κ1) is 14.2. The fraction of sp³-hybridized carbons (Fsp3) is 0.429. The van der Waals surface area contributed by atoms with Gasteiger partial charge in [0.1, 0.15) is 5.69 Å². The van der Waals surface area contributed by atoms with Crippen LogP contribution in [-0.4, -0.2) is 29.9 Å². The molecule has 0 fully saturated rings. The molecule has 1 heterocycles. The Kier molecular flexibility index (Phi) is 4.33. The lowest BCUT2D eigenvalue weighted by molar-refractivity contribution is -0.141. The molecule has 10 heteroatoms. The first-order chi connectivity index (χ1) is 7.68. The highest BCUT2D eigenvalue weighted by molar-refractivity contribution is 8.00. The molecule has 2 N–H and O–H groups in total. The Balaban J connectivity index is 2.67. The molecule has 0 spiro atoms. The molecule has 0 aliphatic carbocycles. The number of alkyl halides is 3. The van der Waals surface area contributed by atoms with Gasteiger partial charge in [-0.05, 0) is 6.07 Å². The zero-order valence-electron chi connectivity index (χ0n) is 8.31. The van der Waals surface area contributed by atoms with Gasteiger partial charge >= 0.3 is 6.18 Å². The summed E-state index contributed by atoms with van der Waals surface area (Å²) in [6.07, 6.45) is -3.58. The van der Waals surface area contributed by atoms with Crippen molar-refractivity contribution >= 4 is 21.8 Å². The van der Waals surface area contributed by atoms with Crippen LogP contribution in [0.5, 0.6) is 0 Å². The van der Waals surface area contributed by atoms with E-state index >= 15 is 0 Å². The number of halogens is 3. The molecule has 17 heavy (non-hydrogen) atoms. The minimum absolute atomic E-state index is 0.000143. The Hall–Kier alpha value is -0.870. The largest absolute Gasteiger partial charge is 0.433 e. The molecular formula is C7H8F3N3O2S2. The molecule has 1 rings (SSSR count). The summed E-state index contributed by atoms with van der Waals surface area (Å²) in [5.74, 6) is -0.350. The van der Waals surface area contributed by atoms with Gasteiger partial charge in [-0.3, -0.25) is 0 Å². The molecule has 0 bridgehead atoms. The number of nitrogens with zero attached hydrogens (tertiary/aromatic N) is 2. The van der Waals surface area contributed by atoms with Crippen molar-refractivity contribution in [3.8, 4) is 0 Å². The molecule has 0 aliphatic rings. The second-order valence-corrected chi connectivity index (χ2v) is 5.73. The van der Waals surface area contributed by atoms with Crippen molar-refractivity contribution in [3.63, 3.8) is 0 Å². The van der Waals surface area contributed by atoms with Gasteiger partial charge in [0.2, 0.25) is 10.0 Å². The average molecular weight is 287 g/mol. The zero-order chi connectivity index (χ0) is 13.1. The van der Waals surface area contributed by atoms with Crippen LogP contribution in [0.3, 0.4) is 0 Å². The van der Waals surface area contributed by atoms with Gasteiger partial charge < -0.3 is 0 Å². The van der Waals surface area contributed by atoms with Crippen LogP contribution < -0.4 is 5.14 Å². The van der Waals surface area contributed by atoms with Gasteiger partial charge in [-0.2, -0.15) is 13.2 Å². The Bertz CT molecular complexity index is 489. The Morgan fingerprint density at radius 3 is 2.59 bits per heavy atom. The van der Waals surface area contributed by atoms with Crippen molar-refractivity contribution in [3.05, 3.63) is 18.0 Å². The van der Waals surface area contributed by atoms with Gasteiger partial charge in [0.05, 0.1) is 5.75 Å². The first-order valence-electron chi connectivity index (χ1n) is 4.22. The summed E-state index contributed by atoms with van der Waals surface area (Å²) >= 11 is 0.796. The first-order valence-corrected chi connectivity index (χ1v) is 6.92. The van der Waals surface area contributed by atoms with Crippen LogP contribution in [0.25, 0.3) is 0 Å². The van der Waals surface area contributed by atoms with Gasteiger partial charge in [0.15, 0.2) is 5.16 Å². The van der Waals surface area contributed by atoms with Crippen LogP contribution >= 0.6 is 11.8 Å². The van der Waals surface area contributed by atoms with Crippen molar-refractivity contribution in [1.82, 2.24) is 9.97 Å². The van der Waals surface area contributed by atoms with E-state index in [9.17, 15) is 21.6 Å². The second-order valence-electron chi connectivity index (χ2n) is 2.94. The molecule has 0 aliphatic heterocycles. The molecule has 0 amide bonds. The lowest BCUT2D eigenvalue weighted by atomic mass is 10.4. The van der Waals surface area contributed by atoms with E-state index in [1.165, 1.54) is 0 Å². The van der Waals surface area contributed by atoms with Crippen LogP contribution in [0.1, 0.15) is 5.69 Å². The maximum atomic E-state index is 12.3. The molecule has 0 saturated heterocycles. The van der Waals surface area contributed by atoms with Gasteiger partial charge in [0.25, 0.3) is 0 Å². The summed E-state index contributed by atoms with van der Waals surface area (Å²) in [5, 5.41) is 4.60. The van der Waals surface area contributed by atoms with Crippen molar-refractivity contribution in [2.75, 3.05) is 11.5 Å². The lowest BCUT2D eigenvalue weighted by Gasteiger charge is -2.06. The number of hydrogen-bond acceptors (Lipinski definition) is 5. The Morgan fingerprint density at radius 1 is 1.41 bits per heavy atom. The average Bonchev–Trinajstić information content (AvgIpc) is 2.15. The number of hydrogen-bond donors (Lipinski definition) is 1. The molecule has 1 aromatic heterocycles. The topological polar surface area (TPSA) is 85.9 Å². The van der Waals surface area contributed by atoms with Crippen molar-refractivity contribution in [2.45, 2.75) is 11.3 Å².